The predicted molar refractivity (Wildman–Crippen MR) is 57.9 cm³/mol. The molecular weight excluding hydrogens is 194 g/mol. The predicted octanol–water partition coefficient (Wildman–Crippen LogP) is 3.00. The molecule has 1 heterocycles. The van der Waals surface area contributed by atoms with Crippen LogP contribution >= 0.6 is 11.3 Å². The van der Waals surface area contributed by atoms with Crippen molar-refractivity contribution >= 4 is 17.1 Å². The lowest BCUT2D eigenvalue weighted by molar-refractivity contribution is 0.102. The highest BCUT2D eigenvalue weighted by atomic mass is 32.1. The first-order valence-corrected chi connectivity index (χ1v) is 5.95. The number of hydrogen-bond donors (Lipinski definition) is 0. The average molecular weight is 209 g/mol. The van der Waals surface area contributed by atoms with Gasteiger partial charge in [0.2, 0.25) is 0 Å². The number of aryl methyl sites for hydroxylation is 1. The highest BCUT2D eigenvalue weighted by molar-refractivity contribution is 7.13. The molecule has 0 bridgehead atoms. The van der Waals surface area contributed by atoms with Crippen LogP contribution in [0.5, 0.6) is 0 Å². The first-order chi connectivity index (χ1) is 6.66. The van der Waals surface area contributed by atoms with Gasteiger partial charge in [0.25, 0.3) is 0 Å². The Kier molecular flexibility index (Phi) is 2.68. The molecule has 1 aliphatic carbocycles. The summed E-state index contributed by atoms with van der Waals surface area (Å²) in [5.74, 6) is 0.986. The van der Waals surface area contributed by atoms with Crippen LogP contribution in [-0.4, -0.2) is 10.8 Å². The Hall–Kier alpha value is -0.700. The third kappa shape index (κ3) is 1.87. The molecule has 1 aliphatic rings. The van der Waals surface area contributed by atoms with Crippen molar-refractivity contribution in [3.05, 3.63) is 15.6 Å². The van der Waals surface area contributed by atoms with Gasteiger partial charge < -0.3 is 0 Å². The number of aromatic nitrogens is 1. The van der Waals surface area contributed by atoms with Gasteiger partial charge in [0.1, 0.15) is 0 Å². The Bertz CT molecular complexity index is 352. The van der Waals surface area contributed by atoms with Crippen molar-refractivity contribution < 1.29 is 4.79 Å². The summed E-state index contributed by atoms with van der Waals surface area (Å²) in [7, 11) is 0. The van der Waals surface area contributed by atoms with Crippen LogP contribution in [-0.2, 0) is 6.42 Å². The lowest BCUT2D eigenvalue weighted by Crippen LogP contribution is -2.13. The minimum Gasteiger partial charge on any atom is -0.294 e. The summed E-state index contributed by atoms with van der Waals surface area (Å²) in [6.45, 7) is 3.55. The number of nitrogens with zero attached hydrogens (tertiary/aromatic N) is 1. The molecule has 14 heavy (non-hydrogen) atoms. The Morgan fingerprint density at radius 1 is 1.57 bits per heavy atom. The Labute approximate surface area is 88.4 Å². The summed E-state index contributed by atoms with van der Waals surface area (Å²) in [5, 5.41) is 1.15. The van der Waals surface area contributed by atoms with E-state index >= 15 is 0 Å². The second-order valence-electron chi connectivity index (χ2n) is 4.08. The fourth-order valence-electron chi connectivity index (χ4n) is 1.81. The minimum atomic E-state index is 0.153. The summed E-state index contributed by atoms with van der Waals surface area (Å²) in [6, 6.07) is 0. The van der Waals surface area contributed by atoms with Crippen LogP contribution in [0, 0.1) is 12.8 Å². The summed E-state index contributed by atoms with van der Waals surface area (Å²) < 4.78 is 0. The molecule has 76 valence electrons. The standard InChI is InChI=1S/C11H15NOS/c1-7-11(8(2)13)14-10(12-7)6-9-4-3-5-9/h9H,3-6H2,1-2H3. The Morgan fingerprint density at radius 2 is 2.29 bits per heavy atom. The second kappa shape index (κ2) is 3.81. The number of ketones is 1. The van der Waals surface area contributed by atoms with Crippen molar-refractivity contribution in [2.45, 2.75) is 39.5 Å². The van der Waals surface area contributed by atoms with Crippen LogP contribution in [0.15, 0.2) is 0 Å². The summed E-state index contributed by atoms with van der Waals surface area (Å²) >= 11 is 1.58. The molecule has 0 spiro atoms. The third-order valence-corrected chi connectivity index (χ3v) is 4.13. The lowest BCUT2D eigenvalue weighted by Gasteiger charge is -2.23. The van der Waals surface area contributed by atoms with Crippen molar-refractivity contribution in [3.63, 3.8) is 0 Å². The smallest absolute Gasteiger partial charge is 0.171 e. The van der Waals surface area contributed by atoms with Gasteiger partial charge in [-0.05, 0) is 12.8 Å². The number of carbonyl (C=O) groups excluding carboxylic acids is 1. The molecule has 3 heteroatoms. The average Bonchev–Trinajstić information content (AvgIpc) is 2.39. The van der Waals surface area contributed by atoms with Gasteiger partial charge in [0, 0.05) is 13.3 Å². The maximum absolute atomic E-state index is 11.2. The van der Waals surface area contributed by atoms with Crippen LogP contribution in [0.2, 0.25) is 0 Å². The van der Waals surface area contributed by atoms with Crippen molar-refractivity contribution in [1.82, 2.24) is 4.98 Å². The van der Waals surface area contributed by atoms with Crippen molar-refractivity contribution in [2.75, 3.05) is 0 Å². The van der Waals surface area contributed by atoms with Gasteiger partial charge in [-0.25, -0.2) is 4.98 Å². The Morgan fingerprint density at radius 3 is 2.71 bits per heavy atom. The molecule has 0 radical (unpaired) electrons. The van der Waals surface area contributed by atoms with Crippen molar-refractivity contribution in [3.8, 4) is 0 Å². The maximum atomic E-state index is 11.2. The van der Waals surface area contributed by atoms with Gasteiger partial charge in [-0.3, -0.25) is 4.79 Å². The summed E-state index contributed by atoms with van der Waals surface area (Å²) in [4.78, 5) is 16.5. The van der Waals surface area contributed by atoms with Gasteiger partial charge in [0.15, 0.2) is 5.78 Å². The minimum absolute atomic E-state index is 0.153. The molecule has 0 aliphatic heterocycles. The fourth-order valence-corrected chi connectivity index (χ4v) is 2.88. The van der Waals surface area contributed by atoms with E-state index in [1.165, 1.54) is 19.3 Å². The lowest BCUT2D eigenvalue weighted by atomic mass is 9.83. The largest absolute Gasteiger partial charge is 0.294 e. The fraction of sp³-hybridized carbons (Fsp3) is 0.636. The van der Waals surface area contributed by atoms with Gasteiger partial charge in [-0.15, -0.1) is 11.3 Å². The van der Waals surface area contributed by atoms with E-state index in [0.717, 1.165) is 27.9 Å². The molecule has 1 saturated carbocycles. The van der Waals surface area contributed by atoms with E-state index in [0.29, 0.717) is 0 Å². The number of Topliss-reactive ketones (excluding diaryl/α,β-unsaturated/α-hetero) is 1. The van der Waals surface area contributed by atoms with Crippen LogP contribution in [0.1, 0.15) is 46.6 Å². The van der Waals surface area contributed by atoms with Crippen LogP contribution in [0.4, 0.5) is 0 Å². The number of thiazole rings is 1. The molecule has 2 rings (SSSR count). The first-order valence-electron chi connectivity index (χ1n) is 5.14. The molecular formula is C11H15NOS. The van der Waals surface area contributed by atoms with Crippen molar-refractivity contribution in [2.24, 2.45) is 5.92 Å². The highest BCUT2D eigenvalue weighted by Gasteiger charge is 2.20. The maximum Gasteiger partial charge on any atom is 0.171 e. The van der Waals surface area contributed by atoms with E-state index in [1.54, 1.807) is 18.3 Å². The molecule has 0 unspecified atom stereocenters. The van der Waals surface area contributed by atoms with Crippen LogP contribution < -0.4 is 0 Å². The highest BCUT2D eigenvalue weighted by Crippen LogP contribution is 2.31. The molecule has 0 N–H and O–H groups in total. The topological polar surface area (TPSA) is 30.0 Å². The number of carbonyl (C=O) groups is 1. The number of hydrogen-bond acceptors (Lipinski definition) is 3. The number of rotatable bonds is 3. The van der Waals surface area contributed by atoms with Crippen molar-refractivity contribution in [1.29, 1.82) is 0 Å². The second-order valence-corrected chi connectivity index (χ2v) is 5.16. The van der Waals surface area contributed by atoms with E-state index in [9.17, 15) is 4.79 Å². The van der Waals surface area contributed by atoms with E-state index in [1.807, 2.05) is 6.92 Å². The van der Waals surface area contributed by atoms with E-state index in [4.69, 9.17) is 0 Å². The molecule has 1 fully saturated rings. The van der Waals surface area contributed by atoms with Gasteiger partial charge in [-0.2, -0.15) is 0 Å². The van der Waals surface area contributed by atoms with E-state index < -0.39 is 0 Å². The molecule has 0 atom stereocenters. The molecule has 0 saturated heterocycles. The van der Waals surface area contributed by atoms with E-state index in [2.05, 4.69) is 4.98 Å². The Balaban J connectivity index is 2.10. The van der Waals surface area contributed by atoms with Gasteiger partial charge >= 0.3 is 0 Å². The van der Waals surface area contributed by atoms with E-state index in [-0.39, 0.29) is 5.78 Å². The molecule has 0 amide bonds. The van der Waals surface area contributed by atoms with Crippen LogP contribution in [0.25, 0.3) is 0 Å². The third-order valence-electron chi connectivity index (χ3n) is 2.85. The normalized spacial score (nSPS) is 16.7. The van der Waals surface area contributed by atoms with Gasteiger partial charge in [0.05, 0.1) is 15.6 Å². The molecule has 1 aromatic rings. The first kappa shape index (κ1) is 9.84. The summed E-state index contributed by atoms with van der Waals surface area (Å²) in [5.41, 5.74) is 0.914. The zero-order valence-electron chi connectivity index (χ0n) is 8.67. The summed E-state index contributed by atoms with van der Waals surface area (Å²) in [6.07, 6.45) is 5.13. The zero-order chi connectivity index (χ0) is 10.1. The molecule has 1 aromatic heterocycles. The molecule has 2 nitrogen and oxygen atoms in total. The van der Waals surface area contributed by atoms with Gasteiger partial charge in [-0.1, -0.05) is 19.3 Å². The SMILES string of the molecule is CC(=O)c1sc(CC2CCC2)nc1C. The zero-order valence-corrected chi connectivity index (χ0v) is 9.49. The quantitative estimate of drug-likeness (QED) is 0.716. The molecule has 0 aromatic carbocycles. The van der Waals surface area contributed by atoms with Crippen LogP contribution in [0.3, 0.4) is 0 Å². The monoisotopic (exact) mass is 209 g/mol.